The lowest BCUT2D eigenvalue weighted by atomic mass is 9.89. The summed E-state index contributed by atoms with van der Waals surface area (Å²) < 4.78 is 0. The first-order chi connectivity index (χ1) is 15.2. The summed E-state index contributed by atoms with van der Waals surface area (Å²) in [6, 6.07) is -0.633. The van der Waals surface area contributed by atoms with Crippen LogP contribution in [0.25, 0.3) is 0 Å². The Labute approximate surface area is 202 Å². The number of nitrogens with one attached hydrogen (secondary N) is 2. The van der Waals surface area contributed by atoms with Crippen LogP contribution >= 0.6 is 35.7 Å². The first kappa shape index (κ1) is 25.0. The van der Waals surface area contributed by atoms with Crippen LogP contribution in [0.4, 0.5) is 0 Å². The summed E-state index contributed by atoms with van der Waals surface area (Å²) in [7, 11) is 0. The number of amides is 2. The van der Waals surface area contributed by atoms with Crippen LogP contribution in [0.3, 0.4) is 0 Å². The van der Waals surface area contributed by atoms with Gasteiger partial charge in [-0.1, -0.05) is 26.0 Å². The molecule has 7 nitrogen and oxygen atoms in total. The number of allylic oxidation sites excluding steroid dienone is 2. The second-order valence-corrected chi connectivity index (χ2v) is 11.0. The Kier molecular flexibility index (Phi) is 8.57. The molecule has 3 heterocycles. The second-order valence-electron chi connectivity index (χ2n) is 8.65. The predicted molar refractivity (Wildman–Crippen MR) is 133 cm³/mol. The Morgan fingerprint density at radius 1 is 1.31 bits per heavy atom. The van der Waals surface area contributed by atoms with Crippen molar-refractivity contribution in [3.05, 3.63) is 28.2 Å². The Balaban J connectivity index is 1.92. The number of thiazole rings is 1. The van der Waals surface area contributed by atoms with Gasteiger partial charge in [-0.25, -0.2) is 4.98 Å². The van der Waals surface area contributed by atoms with Gasteiger partial charge in [-0.15, -0.1) is 23.1 Å². The van der Waals surface area contributed by atoms with Crippen LogP contribution in [-0.4, -0.2) is 50.7 Å². The largest absolute Gasteiger partial charge is 0.350 e. The van der Waals surface area contributed by atoms with Gasteiger partial charge < -0.3 is 10.6 Å². The van der Waals surface area contributed by atoms with Gasteiger partial charge in [0, 0.05) is 24.0 Å². The summed E-state index contributed by atoms with van der Waals surface area (Å²) in [6.45, 7) is 5.95. The van der Waals surface area contributed by atoms with E-state index >= 15 is 0 Å². The zero-order valence-electron chi connectivity index (χ0n) is 18.6. The maximum Gasteiger partial charge on any atom is 0.249 e. The number of carbonyl (C=O) groups excluding carboxylic acids is 3. The first-order valence-corrected chi connectivity index (χ1v) is 13.3. The quantitative estimate of drug-likeness (QED) is 0.441. The Morgan fingerprint density at radius 3 is 2.81 bits per heavy atom. The highest BCUT2D eigenvalue weighted by Gasteiger charge is 2.41. The normalized spacial score (nSPS) is 27.5. The number of hydrogen-bond donors (Lipinski definition) is 3. The lowest BCUT2D eigenvalue weighted by molar-refractivity contribution is -0.131. The highest BCUT2D eigenvalue weighted by Crippen LogP contribution is 2.32. The fourth-order valence-corrected chi connectivity index (χ4v) is 5.67. The SMILES string of the molecule is CC(C)[C@@H]1NC(=O)[C@]2(C)CSC(=N2)c2csc(n2)CNC(=O)CC(/C=C/CCS)CC1=O. The molecule has 174 valence electrons. The molecule has 32 heavy (non-hydrogen) atoms. The van der Waals surface area contributed by atoms with Gasteiger partial charge in [0.05, 0.1) is 12.6 Å². The lowest BCUT2D eigenvalue weighted by Gasteiger charge is -2.27. The summed E-state index contributed by atoms with van der Waals surface area (Å²) in [4.78, 5) is 48.2. The number of thiol groups is 1. The molecule has 1 aromatic heterocycles. The summed E-state index contributed by atoms with van der Waals surface area (Å²) in [5, 5.41) is 9.26. The topological polar surface area (TPSA) is 101 Å². The van der Waals surface area contributed by atoms with Gasteiger partial charge >= 0.3 is 0 Å². The molecule has 1 unspecified atom stereocenters. The number of thioether (sulfide) groups is 1. The van der Waals surface area contributed by atoms with E-state index in [4.69, 9.17) is 0 Å². The van der Waals surface area contributed by atoms with Crippen molar-refractivity contribution in [1.82, 2.24) is 15.6 Å². The third-order valence-electron chi connectivity index (χ3n) is 5.45. The van der Waals surface area contributed by atoms with E-state index in [1.807, 2.05) is 31.4 Å². The van der Waals surface area contributed by atoms with E-state index < -0.39 is 11.6 Å². The molecule has 2 aliphatic heterocycles. The average molecular weight is 495 g/mol. The molecule has 0 aromatic carbocycles. The van der Waals surface area contributed by atoms with Crippen molar-refractivity contribution in [3.63, 3.8) is 0 Å². The van der Waals surface area contributed by atoms with Crippen LogP contribution < -0.4 is 10.6 Å². The van der Waals surface area contributed by atoms with Crippen molar-refractivity contribution in [1.29, 1.82) is 0 Å². The summed E-state index contributed by atoms with van der Waals surface area (Å²) in [5.41, 5.74) is -0.231. The molecule has 0 saturated heterocycles. The van der Waals surface area contributed by atoms with E-state index in [1.165, 1.54) is 23.1 Å². The van der Waals surface area contributed by atoms with Crippen molar-refractivity contribution < 1.29 is 14.4 Å². The van der Waals surface area contributed by atoms with Gasteiger partial charge in [-0.05, 0) is 30.9 Å². The standard InChI is InChI=1S/C22H30N4O3S3/c1-13(2)19-16(27)8-14(6-4-5-7-30)9-17(28)23-10-18-24-15(11-31-18)20-26-22(3,12-32-20)21(29)25-19/h4,6,11,13-14,19,30H,5,7-10,12H2,1-3H3,(H,23,28)(H,25,29)/b6-4+/t14?,19-,22-/m0/s1. The predicted octanol–water partition coefficient (Wildman–Crippen LogP) is 3.01. The lowest BCUT2D eigenvalue weighted by Crippen LogP contribution is -2.52. The highest BCUT2D eigenvalue weighted by molar-refractivity contribution is 8.14. The highest BCUT2D eigenvalue weighted by atomic mass is 32.2. The zero-order chi connectivity index (χ0) is 23.3. The van der Waals surface area contributed by atoms with Gasteiger partial charge in [0.15, 0.2) is 5.78 Å². The third-order valence-corrected chi connectivity index (χ3v) is 7.84. The van der Waals surface area contributed by atoms with E-state index in [0.717, 1.165) is 17.1 Å². The molecule has 3 rings (SSSR count). The summed E-state index contributed by atoms with van der Waals surface area (Å²) in [6.07, 6.45) is 5.02. The van der Waals surface area contributed by atoms with Crippen LogP contribution in [0.2, 0.25) is 0 Å². The molecule has 0 radical (unpaired) electrons. The smallest absolute Gasteiger partial charge is 0.249 e. The van der Waals surface area contributed by atoms with Crippen molar-refractivity contribution in [2.75, 3.05) is 11.5 Å². The molecule has 0 fully saturated rings. The molecule has 10 heteroatoms. The summed E-state index contributed by atoms with van der Waals surface area (Å²) in [5.74, 6) is 0.397. The monoisotopic (exact) mass is 494 g/mol. The number of ketones is 1. The van der Waals surface area contributed by atoms with Crippen LogP contribution in [0, 0.1) is 11.8 Å². The van der Waals surface area contributed by atoms with Crippen molar-refractivity contribution >= 4 is 58.4 Å². The number of rotatable bonds is 4. The molecule has 0 aliphatic carbocycles. The molecule has 2 aliphatic rings. The van der Waals surface area contributed by atoms with Gasteiger partial charge in [0.1, 0.15) is 21.3 Å². The molecule has 0 saturated carbocycles. The fraction of sp³-hybridized carbons (Fsp3) is 0.591. The minimum absolute atomic E-state index is 0.0741. The van der Waals surface area contributed by atoms with Crippen LogP contribution in [0.1, 0.15) is 50.7 Å². The summed E-state index contributed by atoms with van der Waals surface area (Å²) >= 11 is 7.16. The minimum Gasteiger partial charge on any atom is -0.350 e. The van der Waals surface area contributed by atoms with E-state index in [-0.39, 0.29) is 42.3 Å². The van der Waals surface area contributed by atoms with Crippen LogP contribution in [0.5, 0.6) is 0 Å². The maximum atomic E-state index is 13.2. The van der Waals surface area contributed by atoms with Crippen molar-refractivity contribution in [2.45, 2.75) is 58.2 Å². The van der Waals surface area contributed by atoms with E-state index in [9.17, 15) is 14.4 Å². The van der Waals surface area contributed by atoms with Gasteiger partial charge in [-0.2, -0.15) is 12.6 Å². The number of Topliss-reactive ketones (excluding diaryl/α,β-unsaturated/α-hetero) is 1. The van der Waals surface area contributed by atoms with E-state index in [1.54, 1.807) is 6.92 Å². The number of carbonyl (C=O) groups is 3. The second kappa shape index (κ2) is 11.0. The van der Waals surface area contributed by atoms with E-state index in [0.29, 0.717) is 23.1 Å². The molecule has 2 amide bonds. The Hall–Kier alpha value is -1.65. The average Bonchev–Trinajstić information content (AvgIpc) is 3.37. The van der Waals surface area contributed by atoms with Crippen LogP contribution in [-0.2, 0) is 20.9 Å². The van der Waals surface area contributed by atoms with E-state index in [2.05, 4.69) is 33.2 Å². The number of aliphatic imine (C=N–C) groups is 1. The molecular formula is C22H30N4O3S3. The number of nitrogens with zero attached hydrogens (tertiary/aromatic N) is 2. The van der Waals surface area contributed by atoms with Crippen molar-refractivity contribution in [3.8, 4) is 0 Å². The minimum atomic E-state index is -0.950. The Bertz CT molecular complexity index is 927. The first-order valence-electron chi connectivity index (χ1n) is 10.8. The number of aromatic nitrogens is 1. The molecule has 2 N–H and O–H groups in total. The Morgan fingerprint density at radius 2 is 2.09 bits per heavy atom. The maximum absolute atomic E-state index is 13.2. The molecule has 1 aromatic rings. The molecular weight excluding hydrogens is 464 g/mol. The zero-order valence-corrected chi connectivity index (χ0v) is 21.1. The molecule has 3 atom stereocenters. The van der Waals surface area contributed by atoms with Gasteiger partial charge in [-0.3, -0.25) is 19.4 Å². The molecule has 0 spiro atoms. The van der Waals surface area contributed by atoms with Gasteiger partial charge in [0.25, 0.3) is 0 Å². The fourth-order valence-electron chi connectivity index (χ4n) is 3.59. The van der Waals surface area contributed by atoms with Crippen LogP contribution in [0.15, 0.2) is 22.5 Å². The number of fused-ring (bicyclic) bond motifs is 4. The number of hydrogen-bond acceptors (Lipinski definition) is 8. The van der Waals surface area contributed by atoms with Crippen molar-refractivity contribution in [2.24, 2.45) is 16.8 Å². The molecule has 4 bridgehead atoms. The third kappa shape index (κ3) is 6.23. The van der Waals surface area contributed by atoms with Gasteiger partial charge in [0.2, 0.25) is 11.8 Å².